The zero-order valence-electron chi connectivity index (χ0n) is 10.7. The third kappa shape index (κ3) is 3.98. The number of phenols is 1. The van der Waals surface area contributed by atoms with Crippen LogP contribution in [0.15, 0.2) is 48.5 Å². The molecule has 20 heavy (non-hydrogen) atoms. The second-order valence-electron chi connectivity index (χ2n) is 4.20. The summed E-state index contributed by atoms with van der Waals surface area (Å²) < 4.78 is 18.1. The molecule has 0 saturated heterocycles. The smallest absolute Gasteiger partial charge is 0.407 e. The van der Waals surface area contributed by atoms with E-state index in [4.69, 9.17) is 9.84 Å². The highest BCUT2D eigenvalue weighted by molar-refractivity contribution is 5.67. The minimum atomic E-state index is -0.720. The van der Waals surface area contributed by atoms with E-state index >= 15 is 0 Å². The highest BCUT2D eigenvalue weighted by Crippen LogP contribution is 2.15. The minimum absolute atomic E-state index is 0.130. The van der Waals surface area contributed by atoms with Gasteiger partial charge in [0.25, 0.3) is 0 Å². The van der Waals surface area contributed by atoms with Gasteiger partial charge < -0.3 is 15.2 Å². The zero-order valence-corrected chi connectivity index (χ0v) is 10.7. The van der Waals surface area contributed by atoms with E-state index in [9.17, 15) is 9.18 Å². The first-order valence-corrected chi connectivity index (χ1v) is 6.07. The molecule has 2 aromatic carbocycles. The van der Waals surface area contributed by atoms with Gasteiger partial charge in [-0.05, 0) is 23.3 Å². The van der Waals surface area contributed by atoms with Gasteiger partial charge in [-0.15, -0.1) is 0 Å². The number of aromatic hydroxyl groups is 1. The molecule has 0 aliphatic heterocycles. The Morgan fingerprint density at radius 1 is 1.15 bits per heavy atom. The van der Waals surface area contributed by atoms with E-state index in [-0.39, 0.29) is 13.2 Å². The predicted molar refractivity (Wildman–Crippen MR) is 71.5 cm³/mol. The number of rotatable bonds is 4. The Morgan fingerprint density at radius 3 is 2.60 bits per heavy atom. The SMILES string of the molecule is O=C(NCc1ccc(O)c(F)c1)OCc1ccccc1. The first-order chi connectivity index (χ1) is 9.65. The fourth-order valence-corrected chi connectivity index (χ4v) is 1.61. The Labute approximate surface area is 115 Å². The van der Waals surface area contributed by atoms with E-state index in [1.807, 2.05) is 30.3 Å². The van der Waals surface area contributed by atoms with Crippen molar-refractivity contribution in [1.29, 1.82) is 0 Å². The Kier molecular flexibility index (Phi) is 4.55. The van der Waals surface area contributed by atoms with Gasteiger partial charge in [-0.1, -0.05) is 36.4 Å². The van der Waals surface area contributed by atoms with Crippen molar-refractivity contribution in [3.63, 3.8) is 0 Å². The standard InChI is InChI=1S/C15H14FNO3/c16-13-8-12(6-7-14(13)18)9-17-15(19)20-10-11-4-2-1-3-5-11/h1-8,18H,9-10H2,(H,17,19). The lowest BCUT2D eigenvalue weighted by atomic mass is 10.2. The minimum Gasteiger partial charge on any atom is -0.505 e. The molecule has 0 aliphatic carbocycles. The highest BCUT2D eigenvalue weighted by Gasteiger charge is 2.05. The quantitative estimate of drug-likeness (QED) is 0.902. The number of alkyl carbamates (subject to hydrolysis) is 1. The summed E-state index contributed by atoms with van der Waals surface area (Å²) in [5.74, 6) is -1.14. The second kappa shape index (κ2) is 6.56. The maximum absolute atomic E-state index is 13.1. The number of nitrogens with one attached hydrogen (secondary N) is 1. The summed E-state index contributed by atoms with van der Waals surface area (Å²) in [6.45, 7) is 0.307. The monoisotopic (exact) mass is 275 g/mol. The molecule has 2 N–H and O–H groups in total. The summed E-state index contributed by atoms with van der Waals surface area (Å²) in [7, 11) is 0. The molecule has 5 heteroatoms. The summed E-state index contributed by atoms with van der Waals surface area (Å²) in [5, 5.41) is 11.6. The van der Waals surface area contributed by atoms with Crippen LogP contribution in [0, 0.1) is 5.82 Å². The Hall–Kier alpha value is -2.56. The number of ether oxygens (including phenoxy) is 1. The van der Waals surface area contributed by atoms with Crippen LogP contribution in [-0.4, -0.2) is 11.2 Å². The number of carbonyl (C=O) groups excluding carboxylic acids is 1. The van der Waals surface area contributed by atoms with E-state index in [1.54, 1.807) is 0 Å². The number of benzene rings is 2. The number of carbonyl (C=O) groups is 1. The summed E-state index contributed by atoms with van der Waals surface area (Å²) >= 11 is 0. The normalized spacial score (nSPS) is 10.1. The van der Waals surface area contributed by atoms with E-state index in [2.05, 4.69) is 5.32 Å². The summed E-state index contributed by atoms with van der Waals surface area (Å²) in [6.07, 6.45) is -0.581. The average Bonchev–Trinajstić information content (AvgIpc) is 2.47. The van der Waals surface area contributed by atoms with Gasteiger partial charge in [-0.2, -0.15) is 0 Å². The van der Waals surface area contributed by atoms with E-state index in [0.717, 1.165) is 11.6 Å². The molecule has 0 aromatic heterocycles. The number of amides is 1. The van der Waals surface area contributed by atoms with Gasteiger partial charge in [0.05, 0.1) is 0 Å². The number of hydrogen-bond donors (Lipinski definition) is 2. The van der Waals surface area contributed by atoms with Crippen molar-refractivity contribution in [2.24, 2.45) is 0 Å². The van der Waals surface area contributed by atoms with Crippen molar-refractivity contribution >= 4 is 6.09 Å². The van der Waals surface area contributed by atoms with Gasteiger partial charge in [0.15, 0.2) is 11.6 Å². The largest absolute Gasteiger partial charge is 0.505 e. The van der Waals surface area contributed by atoms with E-state index < -0.39 is 17.7 Å². The topological polar surface area (TPSA) is 58.6 Å². The fourth-order valence-electron chi connectivity index (χ4n) is 1.61. The molecule has 0 unspecified atom stereocenters. The van der Waals surface area contributed by atoms with Gasteiger partial charge in [-0.25, -0.2) is 9.18 Å². The Bertz CT molecular complexity index is 587. The third-order valence-electron chi connectivity index (χ3n) is 2.66. The lowest BCUT2D eigenvalue weighted by Crippen LogP contribution is -2.23. The van der Waals surface area contributed by atoms with Crippen LogP contribution in [0.1, 0.15) is 11.1 Å². The molecule has 1 amide bonds. The van der Waals surface area contributed by atoms with Crippen molar-refractivity contribution in [2.75, 3.05) is 0 Å². The number of hydrogen-bond acceptors (Lipinski definition) is 3. The molecule has 0 aliphatic rings. The van der Waals surface area contributed by atoms with Crippen LogP contribution in [0.2, 0.25) is 0 Å². The van der Waals surface area contributed by atoms with Gasteiger partial charge in [-0.3, -0.25) is 0 Å². The third-order valence-corrected chi connectivity index (χ3v) is 2.66. The van der Waals surface area contributed by atoms with Crippen molar-refractivity contribution in [1.82, 2.24) is 5.32 Å². The Morgan fingerprint density at radius 2 is 1.90 bits per heavy atom. The average molecular weight is 275 g/mol. The summed E-state index contributed by atoms with van der Waals surface area (Å²) in [5.41, 5.74) is 1.43. The Balaban J connectivity index is 1.79. The number of phenolic OH excluding ortho intramolecular Hbond substituents is 1. The van der Waals surface area contributed by atoms with Crippen molar-refractivity contribution in [3.05, 3.63) is 65.5 Å². The molecule has 4 nitrogen and oxygen atoms in total. The lowest BCUT2D eigenvalue weighted by molar-refractivity contribution is 0.139. The van der Waals surface area contributed by atoms with Crippen molar-refractivity contribution in [3.8, 4) is 5.75 Å². The van der Waals surface area contributed by atoms with Crippen LogP contribution in [0.5, 0.6) is 5.75 Å². The number of halogens is 1. The molecule has 0 bridgehead atoms. The lowest BCUT2D eigenvalue weighted by Gasteiger charge is -2.07. The maximum Gasteiger partial charge on any atom is 0.407 e. The highest BCUT2D eigenvalue weighted by atomic mass is 19.1. The van der Waals surface area contributed by atoms with Gasteiger partial charge in [0, 0.05) is 6.54 Å². The first-order valence-electron chi connectivity index (χ1n) is 6.07. The molecule has 2 rings (SSSR count). The maximum atomic E-state index is 13.1. The van der Waals surface area contributed by atoms with Crippen LogP contribution in [0.3, 0.4) is 0 Å². The summed E-state index contributed by atoms with van der Waals surface area (Å²) in [6, 6.07) is 13.2. The van der Waals surface area contributed by atoms with Crippen LogP contribution in [0.4, 0.5) is 9.18 Å². The first kappa shape index (κ1) is 13.9. The van der Waals surface area contributed by atoms with Crippen molar-refractivity contribution in [2.45, 2.75) is 13.2 Å². The zero-order chi connectivity index (χ0) is 14.4. The van der Waals surface area contributed by atoms with E-state index in [0.29, 0.717) is 5.56 Å². The van der Waals surface area contributed by atoms with Crippen molar-refractivity contribution < 1.29 is 19.0 Å². The van der Waals surface area contributed by atoms with E-state index in [1.165, 1.54) is 12.1 Å². The van der Waals surface area contributed by atoms with Crippen LogP contribution < -0.4 is 5.32 Å². The predicted octanol–water partition coefficient (Wildman–Crippen LogP) is 2.96. The molecule has 104 valence electrons. The van der Waals surface area contributed by atoms with Crippen LogP contribution in [0.25, 0.3) is 0 Å². The molecule has 0 radical (unpaired) electrons. The molecule has 0 fully saturated rings. The van der Waals surface area contributed by atoms with Gasteiger partial charge in [0.2, 0.25) is 0 Å². The molecule has 0 heterocycles. The molecule has 2 aromatic rings. The fraction of sp³-hybridized carbons (Fsp3) is 0.133. The molecular formula is C15H14FNO3. The molecule has 0 spiro atoms. The molecular weight excluding hydrogens is 261 g/mol. The summed E-state index contributed by atoms with van der Waals surface area (Å²) in [4.78, 5) is 11.5. The van der Waals surface area contributed by atoms with Crippen LogP contribution in [-0.2, 0) is 17.9 Å². The van der Waals surface area contributed by atoms with Gasteiger partial charge in [0.1, 0.15) is 6.61 Å². The van der Waals surface area contributed by atoms with Gasteiger partial charge >= 0.3 is 6.09 Å². The molecule has 0 saturated carbocycles. The van der Waals surface area contributed by atoms with Crippen LogP contribution >= 0.6 is 0 Å². The molecule has 0 atom stereocenters. The second-order valence-corrected chi connectivity index (χ2v) is 4.20.